The number of nitrogens with zero attached hydrogens (tertiary/aromatic N) is 3. The summed E-state index contributed by atoms with van der Waals surface area (Å²) in [6.45, 7) is 4.08. The van der Waals surface area contributed by atoms with Crippen molar-refractivity contribution in [3.8, 4) is 0 Å². The first-order valence-corrected chi connectivity index (χ1v) is 7.96. The molecule has 0 spiro atoms. The van der Waals surface area contributed by atoms with Gasteiger partial charge in [-0.25, -0.2) is 9.37 Å². The first-order valence-electron chi connectivity index (χ1n) is 7.96. The number of pyridine rings is 1. The van der Waals surface area contributed by atoms with E-state index in [4.69, 9.17) is 4.98 Å². The van der Waals surface area contributed by atoms with E-state index in [2.05, 4.69) is 28.5 Å². The van der Waals surface area contributed by atoms with Gasteiger partial charge >= 0.3 is 0 Å². The second-order valence-electron chi connectivity index (χ2n) is 5.93. The minimum atomic E-state index is -0.202. The molecule has 3 aromatic rings. The molecular formula is C18H19FN4. The summed E-state index contributed by atoms with van der Waals surface area (Å²) in [6, 6.07) is 11.0. The lowest BCUT2D eigenvalue weighted by atomic mass is 10.1. The van der Waals surface area contributed by atoms with Gasteiger partial charge in [0.1, 0.15) is 11.5 Å². The van der Waals surface area contributed by atoms with Gasteiger partial charge in [0.05, 0.1) is 5.69 Å². The Hall–Kier alpha value is -2.40. The van der Waals surface area contributed by atoms with E-state index in [0.717, 1.165) is 43.1 Å². The molecule has 0 saturated carbocycles. The summed E-state index contributed by atoms with van der Waals surface area (Å²) >= 11 is 0. The van der Waals surface area contributed by atoms with Gasteiger partial charge in [0.25, 0.3) is 0 Å². The largest absolute Gasteiger partial charge is 0.369 e. The van der Waals surface area contributed by atoms with E-state index in [1.54, 1.807) is 12.1 Å². The fraction of sp³-hybridized carbons (Fsp3) is 0.278. The van der Waals surface area contributed by atoms with E-state index in [1.165, 1.54) is 11.8 Å². The number of benzene rings is 1. The first kappa shape index (κ1) is 14.2. The van der Waals surface area contributed by atoms with E-state index in [9.17, 15) is 4.39 Å². The first-order chi connectivity index (χ1) is 11.3. The van der Waals surface area contributed by atoms with Crippen molar-refractivity contribution in [2.75, 3.05) is 31.1 Å². The number of rotatable bonds is 3. The molecule has 1 N–H and O–H groups in total. The molecule has 0 atom stereocenters. The normalized spacial score (nSPS) is 15.3. The van der Waals surface area contributed by atoms with Crippen molar-refractivity contribution < 1.29 is 4.39 Å². The van der Waals surface area contributed by atoms with Crippen LogP contribution in [0.25, 0.3) is 5.65 Å². The molecule has 1 aromatic carbocycles. The molecule has 0 bridgehead atoms. The number of hydrogen-bond acceptors (Lipinski definition) is 3. The number of aromatic nitrogens is 2. The van der Waals surface area contributed by atoms with Crippen molar-refractivity contribution in [1.82, 2.24) is 14.7 Å². The minimum absolute atomic E-state index is 0.202. The summed E-state index contributed by atoms with van der Waals surface area (Å²) in [5.74, 6) is -0.202. The summed E-state index contributed by atoms with van der Waals surface area (Å²) in [7, 11) is 0. The van der Waals surface area contributed by atoms with Crippen molar-refractivity contribution in [2.24, 2.45) is 0 Å². The Bertz CT molecular complexity index is 821. The number of halogens is 1. The zero-order valence-electron chi connectivity index (χ0n) is 12.9. The van der Waals surface area contributed by atoms with Crippen LogP contribution in [0.3, 0.4) is 0 Å². The highest BCUT2D eigenvalue weighted by Crippen LogP contribution is 2.19. The van der Waals surface area contributed by atoms with Crippen LogP contribution in [-0.4, -0.2) is 35.6 Å². The van der Waals surface area contributed by atoms with Crippen molar-refractivity contribution in [3.63, 3.8) is 0 Å². The molecule has 4 nitrogen and oxygen atoms in total. The summed E-state index contributed by atoms with van der Waals surface area (Å²) in [6.07, 6.45) is 4.71. The Morgan fingerprint density at radius 2 is 2.00 bits per heavy atom. The van der Waals surface area contributed by atoms with Gasteiger partial charge in [0, 0.05) is 56.7 Å². The zero-order valence-corrected chi connectivity index (χ0v) is 12.9. The zero-order chi connectivity index (χ0) is 15.6. The number of piperazine rings is 1. The van der Waals surface area contributed by atoms with E-state index < -0.39 is 0 Å². The van der Waals surface area contributed by atoms with Gasteiger partial charge in [-0.3, -0.25) is 0 Å². The number of hydrogen-bond donors (Lipinski definition) is 1. The number of nitrogens with one attached hydrogen (secondary N) is 1. The van der Waals surface area contributed by atoms with Gasteiger partial charge < -0.3 is 14.6 Å². The molecule has 0 radical (unpaired) electrons. The quantitative estimate of drug-likeness (QED) is 0.807. The molecule has 5 heteroatoms. The number of anilines is 1. The third-order valence-corrected chi connectivity index (χ3v) is 4.25. The van der Waals surface area contributed by atoms with Gasteiger partial charge in [0.15, 0.2) is 0 Å². The van der Waals surface area contributed by atoms with E-state index in [1.807, 2.05) is 16.7 Å². The molecule has 4 rings (SSSR count). The summed E-state index contributed by atoms with van der Waals surface area (Å²) < 4.78 is 15.3. The minimum Gasteiger partial charge on any atom is -0.369 e. The summed E-state index contributed by atoms with van der Waals surface area (Å²) in [5, 5.41) is 3.36. The fourth-order valence-electron chi connectivity index (χ4n) is 3.08. The lowest BCUT2D eigenvalue weighted by Gasteiger charge is -2.29. The molecule has 3 heterocycles. The topological polar surface area (TPSA) is 32.6 Å². The van der Waals surface area contributed by atoms with E-state index in [0.29, 0.717) is 6.42 Å². The van der Waals surface area contributed by atoms with Crippen molar-refractivity contribution in [1.29, 1.82) is 0 Å². The standard InChI is InChI=1S/C18H19FN4/c19-15-3-1-2-14(10-15)11-16-13-23-7-4-17(12-18(23)21-16)22-8-5-20-6-9-22/h1-4,7,10,12-13,20H,5-6,8-9,11H2. The van der Waals surface area contributed by atoms with Crippen LogP contribution in [0.1, 0.15) is 11.3 Å². The molecule has 1 saturated heterocycles. The molecule has 2 aromatic heterocycles. The third-order valence-electron chi connectivity index (χ3n) is 4.25. The molecule has 1 fully saturated rings. The highest BCUT2D eigenvalue weighted by Gasteiger charge is 2.12. The average molecular weight is 310 g/mol. The Kier molecular flexibility index (Phi) is 3.71. The predicted molar refractivity (Wildman–Crippen MR) is 89.5 cm³/mol. The van der Waals surface area contributed by atoms with Crippen LogP contribution in [0.2, 0.25) is 0 Å². The second-order valence-corrected chi connectivity index (χ2v) is 5.93. The third kappa shape index (κ3) is 3.05. The van der Waals surface area contributed by atoms with Gasteiger partial charge in [-0.2, -0.15) is 0 Å². The highest BCUT2D eigenvalue weighted by molar-refractivity contribution is 5.57. The molecule has 0 aliphatic carbocycles. The Balaban J connectivity index is 1.60. The monoisotopic (exact) mass is 310 g/mol. The highest BCUT2D eigenvalue weighted by atomic mass is 19.1. The lowest BCUT2D eigenvalue weighted by molar-refractivity contribution is 0.589. The smallest absolute Gasteiger partial charge is 0.139 e. The maximum Gasteiger partial charge on any atom is 0.139 e. The molecular weight excluding hydrogens is 291 g/mol. The SMILES string of the molecule is Fc1cccc(Cc2cn3ccc(N4CCNCC4)cc3n2)c1. The van der Waals surface area contributed by atoms with Crippen molar-refractivity contribution >= 4 is 11.3 Å². The Morgan fingerprint density at radius 1 is 1.13 bits per heavy atom. The number of fused-ring (bicyclic) bond motifs is 1. The Labute approximate surface area is 134 Å². The van der Waals surface area contributed by atoms with Crippen LogP contribution >= 0.6 is 0 Å². The van der Waals surface area contributed by atoms with Gasteiger partial charge in [-0.05, 0) is 23.8 Å². The number of imidazole rings is 1. The van der Waals surface area contributed by atoms with Gasteiger partial charge in [0.2, 0.25) is 0 Å². The molecule has 0 unspecified atom stereocenters. The molecule has 23 heavy (non-hydrogen) atoms. The van der Waals surface area contributed by atoms with Crippen molar-refractivity contribution in [2.45, 2.75) is 6.42 Å². The molecule has 1 aliphatic heterocycles. The van der Waals surface area contributed by atoms with Crippen LogP contribution in [0, 0.1) is 5.82 Å². The van der Waals surface area contributed by atoms with Gasteiger partial charge in [-0.1, -0.05) is 12.1 Å². The fourth-order valence-corrected chi connectivity index (χ4v) is 3.08. The van der Waals surface area contributed by atoms with Crippen LogP contribution in [0.4, 0.5) is 10.1 Å². The van der Waals surface area contributed by atoms with Gasteiger partial charge in [-0.15, -0.1) is 0 Å². The van der Waals surface area contributed by atoms with Crippen LogP contribution in [-0.2, 0) is 6.42 Å². The van der Waals surface area contributed by atoms with Crippen LogP contribution in [0.5, 0.6) is 0 Å². The summed E-state index contributed by atoms with van der Waals surface area (Å²) in [5.41, 5.74) is 4.04. The molecule has 0 amide bonds. The predicted octanol–water partition coefficient (Wildman–Crippen LogP) is 2.47. The van der Waals surface area contributed by atoms with E-state index >= 15 is 0 Å². The van der Waals surface area contributed by atoms with E-state index in [-0.39, 0.29) is 5.82 Å². The van der Waals surface area contributed by atoms with Crippen LogP contribution in [0.15, 0.2) is 48.8 Å². The molecule has 118 valence electrons. The van der Waals surface area contributed by atoms with Crippen LogP contribution < -0.4 is 10.2 Å². The lowest BCUT2D eigenvalue weighted by Crippen LogP contribution is -2.43. The summed E-state index contributed by atoms with van der Waals surface area (Å²) in [4.78, 5) is 7.06. The second kappa shape index (κ2) is 6.01. The van der Waals surface area contributed by atoms with Crippen molar-refractivity contribution in [3.05, 3.63) is 65.9 Å². The Morgan fingerprint density at radius 3 is 2.83 bits per heavy atom. The average Bonchev–Trinajstić information content (AvgIpc) is 2.97. The molecule has 1 aliphatic rings. The maximum absolute atomic E-state index is 13.3. The maximum atomic E-state index is 13.3.